The van der Waals surface area contributed by atoms with Crippen molar-refractivity contribution in [3.63, 3.8) is 0 Å². The third-order valence-corrected chi connectivity index (χ3v) is 7.56. The number of hydrogen-bond donors (Lipinski definition) is 1. The van der Waals surface area contributed by atoms with Crippen molar-refractivity contribution in [1.82, 2.24) is 9.55 Å². The molecule has 0 radical (unpaired) electrons. The molecule has 0 saturated heterocycles. The Morgan fingerprint density at radius 3 is 2.54 bits per heavy atom. The molecule has 1 atom stereocenters. The van der Waals surface area contributed by atoms with Crippen LogP contribution in [0, 0.1) is 0 Å². The smallest absolute Gasteiger partial charge is 0.316 e. The molecule has 2 aromatic rings. The van der Waals surface area contributed by atoms with Gasteiger partial charge in [0.25, 0.3) is 0 Å². The number of carbonyl (C=O) groups excluding carboxylic acids is 3. The number of methoxy groups -OCH3 is 1. The van der Waals surface area contributed by atoms with Crippen LogP contribution in [0.4, 0.5) is 5.69 Å². The van der Waals surface area contributed by atoms with Crippen molar-refractivity contribution < 1.29 is 28.6 Å². The van der Waals surface area contributed by atoms with Crippen molar-refractivity contribution in [2.45, 2.75) is 64.5 Å². The molecule has 1 unspecified atom stereocenters. The fraction of sp³-hybridized carbons (Fsp3) is 0.448. The van der Waals surface area contributed by atoms with Crippen LogP contribution in [-0.2, 0) is 41.7 Å². The number of nitrogens with zero attached hydrogens (tertiary/aromatic N) is 2. The SMILES string of the molecule is C=CCC(=O)Nc1cc(CC(=O)OC)ccc1-c1cn(COCC[Si](C)(C)C)c(C(CC=C)C(=O)OCC)n1. The van der Waals surface area contributed by atoms with E-state index in [1.165, 1.54) is 13.2 Å². The first-order chi connectivity index (χ1) is 18.5. The van der Waals surface area contributed by atoms with Gasteiger partial charge in [0.2, 0.25) is 5.91 Å². The van der Waals surface area contributed by atoms with Gasteiger partial charge in [0.15, 0.2) is 0 Å². The highest BCUT2D eigenvalue weighted by molar-refractivity contribution is 6.76. The van der Waals surface area contributed by atoms with Gasteiger partial charge < -0.3 is 24.1 Å². The van der Waals surface area contributed by atoms with Crippen LogP contribution < -0.4 is 5.32 Å². The predicted octanol–water partition coefficient (Wildman–Crippen LogP) is 5.32. The molecule has 0 aliphatic carbocycles. The van der Waals surface area contributed by atoms with Crippen LogP contribution in [0.15, 0.2) is 49.7 Å². The van der Waals surface area contributed by atoms with Gasteiger partial charge in [-0.1, -0.05) is 43.9 Å². The first-order valence-corrected chi connectivity index (χ1v) is 16.8. The highest BCUT2D eigenvalue weighted by Gasteiger charge is 2.28. The molecule has 0 spiro atoms. The summed E-state index contributed by atoms with van der Waals surface area (Å²) in [7, 11) is 0.0389. The van der Waals surface area contributed by atoms with E-state index in [1.807, 2.05) is 4.57 Å². The van der Waals surface area contributed by atoms with E-state index in [4.69, 9.17) is 19.2 Å². The Labute approximate surface area is 232 Å². The lowest BCUT2D eigenvalue weighted by Gasteiger charge is -2.18. The van der Waals surface area contributed by atoms with Crippen LogP contribution in [0.1, 0.15) is 37.1 Å². The van der Waals surface area contributed by atoms with Crippen LogP contribution in [-0.4, -0.2) is 55.8 Å². The van der Waals surface area contributed by atoms with Gasteiger partial charge in [-0.15, -0.1) is 13.2 Å². The molecule has 0 aliphatic rings. The quantitative estimate of drug-likeness (QED) is 0.129. The number of ether oxygens (including phenoxy) is 3. The van der Waals surface area contributed by atoms with Crippen LogP contribution in [0.25, 0.3) is 11.3 Å². The number of rotatable bonds is 16. The summed E-state index contributed by atoms with van der Waals surface area (Å²) in [4.78, 5) is 42.1. The summed E-state index contributed by atoms with van der Waals surface area (Å²) in [6.45, 7) is 17.1. The van der Waals surface area contributed by atoms with Crippen molar-refractivity contribution in [3.05, 3.63) is 61.1 Å². The lowest BCUT2D eigenvalue weighted by Crippen LogP contribution is -2.23. The fourth-order valence-corrected chi connectivity index (χ4v) is 4.56. The maximum absolute atomic E-state index is 12.9. The third-order valence-electron chi connectivity index (χ3n) is 5.86. The van der Waals surface area contributed by atoms with Crippen LogP contribution in [0.2, 0.25) is 25.7 Å². The molecule has 212 valence electrons. The molecule has 2 rings (SSSR count). The molecule has 1 heterocycles. The second-order valence-electron chi connectivity index (χ2n) is 10.3. The lowest BCUT2D eigenvalue weighted by atomic mass is 10.0. The number of allylic oxidation sites excluding steroid dienone is 1. The van der Waals surface area contributed by atoms with Gasteiger partial charge in [-0.2, -0.15) is 0 Å². The predicted molar refractivity (Wildman–Crippen MR) is 155 cm³/mol. The van der Waals surface area contributed by atoms with Gasteiger partial charge in [0.05, 0.1) is 31.5 Å². The minimum Gasteiger partial charge on any atom is -0.469 e. The number of esters is 2. The summed E-state index contributed by atoms with van der Waals surface area (Å²) in [5, 5.41) is 2.89. The molecule has 1 aromatic heterocycles. The third kappa shape index (κ3) is 9.95. The Morgan fingerprint density at radius 1 is 1.18 bits per heavy atom. The number of aromatic nitrogens is 2. The summed E-state index contributed by atoms with van der Waals surface area (Å²) >= 11 is 0. The fourth-order valence-electron chi connectivity index (χ4n) is 3.80. The molecule has 0 saturated carbocycles. The molecule has 10 heteroatoms. The van der Waals surface area contributed by atoms with Gasteiger partial charge in [-0.3, -0.25) is 14.4 Å². The number of nitrogens with one attached hydrogen (secondary N) is 1. The van der Waals surface area contributed by atoms with Crippen LogP contribution >= 0.6 is 0 Å². The van der Waals surface area contributed by atoms with Gasteiger partial charge in [-0.05, 0) is 31.0 Å². The van der Waals surface area contributed by atoms with Crippen LogP contribution in [0.5, 0.6) is 0 Å². The molecular formula is C29H41N3O6Si. The van der Waals surface area contributed by atoms with E-state index in [0.717, 1.165) is 6.04 Å². The standard InChI is InChI=1S/C29H41N3O6Si/c1-8-11-23(29(35)38-10-3)28-31-25(19-32(28)20-37-15-16-39(5,6)7)22-14-13-21(18-27(34)36-4)17-24(22)30-26(33)12-9-2/h8-9,13-14,17,19,23H,1-2,10-12,15-16,18,20H2,3-7H3,(H,30,33). The average molecular weight is 556 g/mol. The number of hydrogen-bond acceptors (Lipinski definition) is 7. The number of amides is 1. The van der Waals surface area contributed by atoms with Crippen molar-refractivity contribution >= 4 is 31.6 Å². The Morgan fingerprint density at radius 2 is 1.92 bits per heavy atom. The van der Waals surface area contributed by atoms with Crippen molar-refractivity contribution in [2.75, 3.05) is 25.6 Å². The van der Waals surface area contributed by atoms with Crippen LogP contribution in [0.3, 0.4) is 0 Å². The van der Waals surface area contributed by atoms with E-state index < -0.39 is 25.9 Å². The van der Waals surface area contributed by atoms with E-state index in [1.54, 1.807) is 37.4 Å². The van der Waals surface area contributed by atoms with Crippen molar-refractivity contribution in [3.8, 4) is 11.3 Å². The van der Waals surface area contributed by atoms with Crippen molar-refractivity contribution in [1.29, 1.82) is 0 Å². The molecule has 0 bridgehead atoms. The van der Waals surface area contributed by atoms with E-state index in [9.17, 15) is 14.4 Å². The number of benzene rings is 1. The van der Waals surface area contributed by atoms with Gasteiger partial charge in [0, 0.05) is 32.9 Å². The molecule has 1 aromatic carbocycles. The molecule has 0 fully saturated rings. The zero-order chi connectivity index (χ0) is 29.0. The van der Waals surface area contributed by atoms with Crippen molar-refractivity contribution in [2.24, 2.45) is 0 Å². The maximum atomic E-state index is 12.9. The molecule has 1 amide bonds. The highest BCUT2D eigenvalue weighted by Crippen LogP contribution is 2.32. The monoisotopic (exact) mass is 555 g/mol. The Bertz CT molecular complexity index is 1170. The number of imidazole rings is 1. The van der Waals surface area contributed by atoms with Gasteiger partial charge >= 0.3 is 11.9 Å². The van der Waals surface area contributed by atoms with E-state index >= 15 is 0 Å². The second kappa shape index (κ2) is 15.2. The molecular weight excluding hydrogens is 514 g/mol. The van der Waals surface area contributed by atoms with Gasteiger partial charge in [-0.25, -0.2) is 4.98 Å². The zero-order valence-corrected chi connectivity index (χ0v) is 24.7. The second-order valence-corrected chi connectivity index (χ2v) is 15.9. The summed E-state index contributed by atoms with van der Waals surface area (Å²) in [6.07, 6.45) is 5.49. The summed E-state index contributed by atoms with van der Waals surface area (Å²) < 4.78 is 17.9. The first kappa shape index (κ1) is 31.7. The normalized spacial score (nSPS) is 11.9. The Hall–Kier alpha value is -3.50. The van der Waals surface area contributed by atoms with E-state index in [0.29, 0.717) is 41.4 Å². The summed E-state index contributed by atoms with van der Waals surface area (Å²) in [6, 6.07) is 6.30. The minimum absolute atomic E-state index is 0.0516. The number of carbonyl (C=O) groups is 3. The van der Waals surface area contributed by atoms with E-state index in [2.05, 4.69) is 38.1 Å². The van der Waals surface area contributed by atoms with Gasteiger partial charge in [0.1, 0.15) is 18.5 Å². The zero-order valence-electron chi connectivity index (χ0n) is 23.7. The Balaban J connectivity index is 2.56. The largest absolute Gasteiger partial charge is 0.469 e. The number of anilines is 1. The summed E-state index contributed by atoms with van der Waals surface area (Å²) in [5.74, 6) is -1.24. The minimum atomic E-state index is -1.29. The molecule has 9 nitrogen and oxygen atoms in total. The highest BCUT2D eigenvalue weighted by atomic mass is 28.3. The first-order valence-electron chi connectivity index (χ1n) is 13.1. The molecule has 0 aliphatic heterocycles. The molecule has 1 N–H and O–H groups in total. The summed E-state index contributed by atoms with van der Waals surface area (Å²) in [5.41, 5.74) is 2.32. The average Bonchev–Trinajstić information content (AvgIpc) is 3.28. The van der Waals surface area contributed by atoms with E-state index in [-0.39, 0.29) is 32.1 Å². The Kier molecular flexibility index (Phi) is 12.3. The maximum Gasteiger partial charge on any atom is 0.316 e. The molecule has 39 heavy (non-hydrogen) atoms. The topological polar surface area (TPSA) is 109 Å². The lowest BCUT2D eigenvalue weighted by molar-refractivity contribution is -0.145.